The minimum absolute atomic E-state index is 0.183. The molecular formula is C20H26FN3O. The Labute approximate surface area is 148 Å². The van der Waals surface area contributed by atoms with E-state index in [0.717, 1.165) is 12.1 Å². The molecule has 0 bridgehead atoms. The SMILES string of the molecule is CCNC(=NCCC(O)c1ccccc1)NCCc1ccccc1F. The topological polar surface area (TPSA) is 56.7 Å². The van der Waals surface area contributed by atoms with E-state index >= 15 is 0 Å². The molecule has 0 fully saturated rings. The van der Waals surface area contributed by atoms with Crippen LogP contribution in [0.1, 0.15) is 30.6 Å². The summed E-state index contributed by atoms with van der Waals surface area (Å²) in [5.74, 6) is 0.497. The molecule has 2 rings (SSSR count). The van der Waals surface area contributed by atoms with Crippen LogP contribution in [0.15, 0.2) is 59.6 Å². The van der Waals surface area contributed by atoms with Crippen LogP contribution in [0.25, 0.3) is 0 Å². The summed E-state index contributed by atoms with van der Waals surface area (Å²) in [5, 5.41) is 16.5. The predicted molar refractivity (Wildman–Crippen MR) is 100 cm³/mol. The third-order valence-electron chi connectivity index (χ3n) is 3.85. The largest absolute Gasteiger partial charge is 0.388 e. The highest BCUT2D eigenvalue weighted by Gasteiger charge is 2.06. The first-order valence-corrected chi connectivity index (χ1v) is 8.69. The van der Waals surface area contributed by atoms with Gasteiger partial charge in [0.05, 0.1) is 6.10 Å². The molecule has 0 heterocycles. The molecule has 2 aromatic rings. The van der Waals surface area contributed by atoms with Crippen molar-refractivity contribution in [1.82, 2.24) is 10.6 Å². The molecule has 25 heavy (non-hydrogen) atoms. The van der Waals surface area contributed by atoms with Gasteiger partial charge in [-0.05, 0) is 37.0 Å². The van der Waals surface area contributed by atoms with Gasteiger partial charge in [0.1, 0.15) is 5.82 Å². The van der Waals surface area contributed by atoms with E-state index in [1.807, 2.05) is 43.3 Å². The van der Waals surface area contributed by atoms with Crippen molar-refractivity contribution in [1.29, 1.82) is 0 Å². The number of hydrogen-bond donors (Lipinski definition) is 3. The van der Waals surface area contributed by atoms with Crippen LogP contribution in [0.2, 0.25) is 0 Å². The maximum atomic E-state index is 13.6. The van der Waals surface area contributed by atoms with Crippen LogP contribution in [-0.2, 0) is 6.42 Å². The summed E-state index contributed by atoms with van der Waals surface area (Å²) in [6, 6.07) is 16.4. The van der Waals surface area contributed by atoms with Gasteiger partial charge in [-0.25, -0.2) is 4.39 Å². The molecule has 0 saturated heterocycles. The third-order valence-corrected chi connectivity index (χ3v) is 3.85. The molecule has 4 nitrogen and oxygen atoms in total. The van der Waals surface area contributed by atoms with Gasteiger partial charge >= 0.3 is 0 Å². The lowest BCUT2D eigenvalue weighted by Crippen LogP contribution is -2.38. The molecular weight excluding hydrogens is 317 g/mol. The van der Waals surface area contributed by atoms with E-state index in [-0.39, 0.29) is 5.82 Å². The predicted octanol–water partition coefficient (Wildman–Crippen LogP) is 3.05. The maximum absolute atomic E-state index is 13.6. The van der Waals surface area contributed by atoms with Gasteiger partial charge in [-0.1, -0.05) is 48.5 Å². The Kier molecular flexibility index (Phi) is 7.92. The summed E-state index contributed by atoms with van der Waals surface area (Å²) in [6.07, 6.45) is 0.615. The second-order valence-corrected chi connectivity index (χ2v) is 5.74. The Morgan fingerprint density at radius 2 is 1.80 bits per heavy atom. The molecule has 1 unspecified atom stereocenters. The second-order valence-electron chi connectivity index (χ2n) is 5.74. The Hall–Kier alpha value is -2.40. The fraction of sp³-hybridized carbons (Fsp3) is 0.350. The summed E-state index contributed by atoms with van der Waals surface area (Å²) in [4.78, 5) is 4.47. The number of nitrogens with zero attached hydrogens (tertiary/aromatic N) is 1. The van der Waals surface area contributed by atoms with Crippen molar-refractivity contribution < 1.29 is 9.50 Å². The summed E-state index contributed by atoms with van der Waals surface area (Å²) >= 11 is 0. The van der Waals surface area contributed by atoms with E-state index in [2.05, 4.69) is 15.6 Å². The van der Waals surface area contributed by atoms with E-state index in [0.29, 0.717) is 37.5 Å². The van der Waals surface area contributed by atoms with Crippen LogP contribution in [0.3, 0.4) is 0 Å². The summed E-state index contributed by atoms with van der Waals surface area (Å²) in [5.41, 5.74) is 1.58. The Morgan fingerprint density at radius 1 is 1.08 bits per heavy atom. The average molecular weight is 343 g/mol. The minimum atomic E-state index is -0.522. The van der Waals surface area contributed by atoms with Crippen LogP contribution in [0.5, 0.6) is 0 Å². The summed E-state index contributed by atoms with van der Waals surface area (Å²) in [6.45, 7) is 3.83. The van der Waals surface area contributed by atoms with Crippen molar-refractivity contribution in [2.75, 3.05) is 19.6 Å². The van der Waals surface area contributed by atoms with Crippen LogP contribution >= 0.6 is 0 Å². The van der Waals surface area contributed by atoms with Crippen LogP contribution in [-0.4, -0.2) is 30.7 Å². The van der Waals surface area contributed by atoms with Gasteiger partial charge < -0.3 is 15.7 Å². The number of aliphatic hydroxyl groups is 1. The molecule has 0 aromatic heterocycles. The van der Waals surface area contributed by atoms with Gasteiger partial charge in [0.2, 0.25) is 0 Å². The molecule has 5 heteroatoms. The lowest BCUT2D eigenvalue weighted by atomic mass is 10.1. The Balaban J connectivity index is 1.80. The molecule has 0 aliphatic heterocycles. The zero-order chi connectivity index (χ0) is 17.9. The fourth-order valence-electron chi connectivity index (χ4n) is 2.50. The van der Waals surface area contributed by atoms with E-state index in [9.17, 15) is 9.50 Å². The van der Waals surface area contributed by atoms with Gasteiger partial charge in [0.25, 0.3) is 0 Å². The third kappa shape index (κ3) is 6.55. The number of benzene rings is 2. The zero-order valence-electron chi connectivity index (χ0n) is 14.6. The number of halogens is 1. The molecule has 0 aliphatic carbocycles. The first-order chi connectivity index (χ1) is 12.2. The molecule has 0 saturated carbocycles. The van der Waals surface area contributed by atoms with Crippen molar-refractivity contribution >= 4 is 5.96 Å². The number of nitrogens with one attached hydrogen (secondary N) is 2. The molecule has 0 radical (unpaired) electrons. The van der Waals surface area contributed by atoms with Crippen molar-refractivity contribution in [2.24, 2.45) is 4.99 Å². The minimum Gasteiger partial charge on any atom is -0.388 e. The standard InChI is InChI=1S/C20H26FN3O/c1-2-22-20(23-14-12-16-8-6-7-11-18(16)21)24-15-13-19(25)17-9-4-3-5-10-17/h3-11,19,25H,2,12-15H2,1H3,(H2,22,23,24). The average Bonchev–Trinajstić information content (AvgIpc) is 2.64. The lowest BCUT2D eigenvalue weighted by Gasteiger charge is -2.13. The highest BCUT2D eigenvalue weighted by atomic mass is 19.1. The molecule has 0 amide bonds. The smallest absolute Gasteiger partial charge is 0.191 e. The first-order valence-electron chi connectivity index (χ1n) is 8.69. The number of aliphatic imine (C=N–C) groups is 1. The highest BCUT2D eigenvalue weighted by Crippen LogP contribution is 2.15. The monoisotopic (exact) mass is 343 g/mol. The molecule has 1 atom stereocenters. The lowest BCUT2D eigenvalue weighted by molar-refractivity contribution is 0.170. The Morgan fingerprint density at radius 3 is 2.52 bits per heavy atom. The molecule has 134 valence electrons. The van der Waals surface area contributed by atoms with E-state index < -0.39 is 6.10 Å². The number of rotatable bonds is 8. The van der Waals surface area contributed by atoms with E-state index in [4.69, 9.17) is 0 Å². The van der Waals surface area contributed by atoms with Crippen LogP contribution in [0.4, 0.5) is 4.39 Å². The fourth-order valence-corrected chi connectivity index (χ4v) is 2.50. The highest BCUT2D eigenvalue weighted by molar-refractivity contribution is 5.79. The zero-order valence-corrected chi connectivity index (χ0v) is 14.6. The first kappa shape index (κ1) is 18.9. The quantitative estimate of drug-likeness (QED) is 0.510. The van der Waals surface area contributed by atoms with Crippen LogP contribution < -0.4 is 10.6 Å². The van der Waals surface area contributed by atoms with Crippen LogP contribution in [0, 0.1) is 5.82 Å². The Bertz CT molecular complexity index is 661. The molecule has 0 spiro atoms. The van der Waals surface area contributed by atoms with Crippen molar-refractivity contribution in [3.8, 4) is 0 Å². The summed E-state index contributed by atoms with van der Waals surface area (Å²) < 4.78 is 13.6. The number of aliphatic hydroxyl groups excluding tert-OH is 1. The molecule has 2 aromatic carbocycles. The second kappa shape index (κ2) is 10.5. The van der Waals surface area contributed by atoms with E-state index in [1.54, 1.807) is 12.1 Å². The molecule has 3 N–H and O–H groups in total. The van der Waals surface area contributed by atoms with Gasteiger partial charge in [-0.15, -0.1) is 0 Å². The maximum Gasteiger partial charge on any atom is 0.191 e. The normalized spacial score (nSPS) is 12.7. The van der Waals surface area contributed by atoms with Crippen molar-refractivity contribution in [3.05, 3.63) is 71.5 Å². The molecule has 0 aliphatic rings. The van der Waals surface area contributed by atoms with Gasteiger partial charge in [0, 0.05) is 19.6 Å². The van der Waals surface area contributed by atoms with E-state index in [1.165, 1.54) is 6.07 Å². The van der Waals surface area contributed by atoms with Gasteiger partial charge in [-0.3, -0.25) is 4.99 Å². The van der Waals surface area contributed by atoms with Gasteiger partial charge in [-0.2, -0.15) is 0 Å². The van der Waals surface area contributed by atoms with Gasteiger partial charge in [0.15, 0.2) is 5.96 Å². The van der Waals surface area contributed by atoms with Crippen molar-refractivity contribution in [3.63, 3.8) is 0 Å². The number of guanidine groups is 1. The summed E-state index contributed by atoms with van der Waals surface area (Å²) in [7, 11) is 0. The number of hydrogen-bond acceptors (Lipinski definition) is 2. The van der Waals surface area contributed by atoms with Crippen molar-refractivity contribution in [2.45, 2.75) is 25.9 Å².